The first kappa shape index (κ1) is 18.6. The summed E-state index contributed by atoms with van der Waals surface area (Å²) in [5.41, 5.74) is 2.57. The number of Topliss-reactive ketones (excluding diaryl/α,β-unsaturated/α-hetero) is 1. The molecule has 0 radical (unpaired) electrons. The Morgan fingerprint density at radius 1 is 1.00 bits per heavy atom. The van der Waals surface area contributed by atoms with E-state index in [1.807, 2.05) is 24.3 Å². The van der Waals surface area contributed by atoms with Crippen molar-refractivity contribution in [3.63, 3.8) is 0 Å². The third kappa shape index (κ3) is 4.73. The first-order valence-corrected chi connectivity index (χ1v) is 8.82. The molecule has 1 amide bonds. The van der Waals surface area contributed by atoms with E-state index in [4.69, 9.17) is 9.47 Å². The normalized spacial score (nSPS) is 12.9. The molecule has 0 saturated carbocycles. The molecule has 1 heterocycles. The number of hydrogen-bond acceptors (Lipinski definition) is 5. The van der Waals surface area contributed by atoms with E-state index in [1.165, 1.54) is 6.92 Å². The van der Waals surface area contributed by atoms with E-state index in [-0.39, 0.29) is 24.9 Å². The van der Waals surface area contributed by atoms with Gasteiger partial charge >= 0.3 is 5.97 Å². The van der Waals surface area contributed by atoms with Crippen molar-refractivity contribution < 1.29 is 23.9 Å². The van der Waals surface area contributed by atoms with Crippen LogP contribution in [0.25, 0.3) is 0 Å². The van der Waals surface area contributed by atoms with Gasteiger partial charge in [-0.15, -0.1) is 0 Å². The third-order valence-electron chi connectivity index (χ3n) is 4.39. The van der Waals surface area contributed by atoms with Gasteiger partial charge in [-0.25, -0.2) is 4.79 Å². The summed E-state index contributed by atoms with van der Waals surface area (Å²) in [6, 6.07) is 14.2. The summed E-state index contributed by atoms with van der Waals surface area (Å²) < 4.78 is 10.4. The van der Waals surface area contributed by atoms with Crippen molar-refractivity contribution in [2.75, 3.05) is 24.7 Å². The minimum Gasteiger partial charge on any atom is -0.482 e. The molecule has 1 aliphatic heterocycles. The quantitative estimate of drug-likeness (QED) is 0.580. The zero-order valence-corrected chi connectivity index (χ0v) is 15.1. The maximum absolute atomic E-state index is 12.4. The number of anilines is 1. The van der Waals surface area contributed by atoms with Crippen LogP contribution in [-0.2, 0) is 20.7 Å². The number of hydrogen-bond donors (Lipinski definition) is 0. The Hall–Kier alpha value is -3.15. The molecule has 3 rings (SSSR count). The highest BCUT2D eigenvalue weighted by Gasteiger charge is 2.23. The topological polar surface area (TPSA) is 72.9 Å². The number of ketones is 1. The van der Waals surface area contributed by atoms with Crippen LogP contribution in [0.1, 0.15) is 29.3 Å². The van der Waals surface area contributed by atoms with Crippen LogP contribution in [0.3, 0.4) is 0 Å². The van der Waals surface area contributed by atoms with Crippen molar-refractivity contribution in [1.82, 2.24) is 0 Å². The molecule has 0 N–H and O–H groups in total. The maximum Gasteiger partial charge on any atom is 0.344 e. The number of ether oxygens (including phenoxy) is 2. The van der Waals surface area contributed by atoms with Crippen molar-refractivity contribution in [1.29, 1.82) is 0 Å². The number of fused-ring (bicyclic) bond motifs is 1. The fourth-order valence-corrected chi connectivity index (χ4v) is 2.98. The maximum atomic E-state index is 12.4. The molecule has 0 atom stereocenters. The van der Waals surface area contributed by atoms with E-state index in [9.17, 15) is 14.4 Å². The van der Waals surface area contributed by atoms with Gasteiger partial charge < -0.3 is 14.4 Å². The Labute approximate surface area is 157 Å². The van der Waals surface area contributed by atoms with E-state index in [1.54, 1.807) is 29.2 Å². The summed E-state index contributed by atoms with van der Waals surface area (Å²) in [6.45, 7) is 1.47. The van der Waals surface area contributed by atoms with Crippen LogP contribution in [0.5, 0.6) is 5.75 Å². The van der Waals surface area contributed by atoms with E-state index >= 15 is 0 Å². The minimum absolute atomic E-state index is 0.0428. The number of rotatable bonds is 6. The fourth-order valence-electron chi connectivity index (χ4n) is 2.98. The molecule has 1 aliphatic rings. The van der Waals surface area contributed by atoms with Crippen molar-refractivity contribution in [2.24, 2.45) is 0 Å². The third-order valence-corrected chi connectivity index (χ3v) is 4.39. The minimum atomic E-state index is -0.621. The summed E-state index contributed by atoms with van der Waals surface area (Å²) in [7, 11) is 0. The number of nitrogens with zero attached hydrogens (tertiary/aromatic N) is 1. The predicted molar refractivity (Wildman–Crippen MR) is 100 cm³/mol. The van der Waals surface area contributed by atoms with Crippen molar-refractivity contribution in [3.8, 4) is 5.75 Å². The Morgan fingerprint density at radius 3 is 2.48 bits per heavy atom. The largest absolute Gasteiger partial charge is 0.482 e. The van der Waals surface area contributed by atoms with Gasteiger partial charge in [0.1, 0.15) is 5.75 Å². The summed E-state index contributed by atoms with van der Waals surface area (Å²) in [4.78, 5) is 37.2. The monoisotopic (exact) mass is 367 g/mol. The van der Waals surface area contributed by atoms with Crippen LogP contribution < -0.4 is 9.64 Å². The Bertz CT molecular complexity index is 844. The predicted octanol–water partition coefficient (Wildman–Crippen LogP) is 2.79. The molecule has 2 aromatic rings. The zero-order valence-electron chi connectivity index (χ0n) is 15.1. The van der Waals surface area contributed by atoms with Crippen molar-refractivity contribution in [3.05, 3.63) is 59.7 Å². The Morgan fingerprint density at radius 2 is 1.74 bits per heavy atom. The fraction of sp³-hybridized carbons (Fsp3) is 0.286. The summed E-state index contributed by atoms with van der Waals surface area (Å²) in [6.07, 6.45) is 1.83. The molecule has 27 heavy (non-hydrogen) atoms. The number of carbonyl (C=O) groups excluding carboxylic acids is 3. The van der Waals surface area contributed by atoms with E-state index in [0.717, 1.165) is 24.1 Å². The van der Waals surface area contributed by atoms with Crippen LogP contribution >= 0.6 is 0 Å². The van der Waals surface area contributed by atoms with Crippen LogP contribution in [-0.4, -0.2) is 37.4 Å². The lowest BCUT2D eigenvalue weighted by molar-refractivity contribution is -0.149. The Balaban J connectivity index is 1.48. The molecule has 0 spiro atoms. The summed E-state index contributed by atoms with van der Waals surface area (Å²) in [5.74, 6) is -0.461. The van der Waals surface area contributed by atoms with Gasteiger partial charge in [0.25, 0.3) is 5.91 Å². The second kappa shape index (κ2) is 8.49. The van der Waals surface area contributed by atoms with E-state index < -0.39 is 5.97 Å². The van der Waals surface area contributed by atoms with Crippen LogP contribution in [0.2, 0.25) is 0 Å². The van der Waals surface area contributed by atoms with Crippen molar-refractivity contribution in [2.45, 2.75) is 19.8 Å². The molecular formula is C21H21NO5. The molecular weight excluding hydrogens is 346 g/mol. The highest BCUT2D eigenvalue weighted by atomic mass is 16.6. The molecule has 0 aromatic heterocycles. The lowest BCUT2D eigenvalue weighted by Gasteiger charge is -2.29. The van der Waals surface area contributed by atoms with Gasteiger partial charge in [-0.05, 0) is 55.7 Å². The second-order valence-electron chi connectivity index (χ2n) is 6.31. The molecule has 6 heteroatoms. The summed E-state index contributed by atoms with van der Waals surface area (Å²) >= 11 is 0. The molecule has 0 saturated heterocycles. The number of aryl methyl sites for hydroxylation is 1. The number of benzene rings is 2. The van der Waals surface area contributed by atoms with Crippen LogP contribution in [0.15, 0.2) is 48.5 Å². The van der Waals surface area contributed by atoms with E-state index in [0.29, 0.717) is 17.9 Å². The van der Waals surface area contributed by atoms with Gasteiger partial charge in [0, 0.05) is 17.8 Å². The highest BCUT2D eigenvalue weighted by Crippen LogP contribution is 2.26. The van der Waals surface area contributed by atoms with Crippen LogP contribution in [0, 0.1) is 0 Å². The van der Waals surface area contributed by atoms with Gasteiger partial charge in [-0.2, -0.15) is 0 Å². The molecule has 0 bridgehead atoms. The van der Waals surface area contributed by atoms with Gasteiger partial charge in [-0.1, -0.05) is 18.2 Å². The molecule has 6 nitrogen and oxygen atoms in total. The number of carbonyl (C=O) groups is 3. The lowest BCUT2D eigenvalue weighted by atomic mass is 10.0. The first-order chi connectivity index (χ1) is 13.0. The van der Waals surface area contributed by atoms with Gasteiger partial charge in [-0.3, -0.25) is 9.59 Å². The van der Waals surface area contributed by atoms with Gasteiger partial charge in [0.05, 0.1) is 0 Å². The van der Waals surface area contributed by atoms with Gasteiger partial charge in [0.15, 0.2) is 19.0 Å². The number of para-hydroxylation sites is 1. The van der Waals surface area contributed by atoms with E-state index in [2.05, 4.69) is 0 Å². The molecule has 140 valence electrons. The smallest absolute Gasteiger partial charge is 0.344 e. The molecule has 2 aromatic carbocycles. The lowest BCUT2D eigenvalue weighted by Crippen LogP contribution is -2.38. The molecule has 0 aliphatic carbocycles. The second-order valence-corrected chi connectivity index (χ2v) is 6.31. The highest BCUT2D eigenvalue weighted by molar-refractivity contribution is 5.96. The molecule has 0 unspecified atom stereocenters. The van der Waals surface area contributed by atoms with Crippen molar-refractivity contribution >= 4 is 23.3 Å². The number of esters is 1. The average molecular weight is 367 g/mol. The number of amides is 1. The zero-order chi connectivity index (χ0) is 19.2. The van der Waals surface area contributed by atoms with Gasteiger partial charge in [0.2, 0.25) is 0 Å². The standard InChI is InChI=1S/C21H21NO5/c1-15(23)16-8-10-18(11-9-16)26-14-21(25)27-13-20(24)22-12-4-6-17-5-2-3-7-19(17)22/h2-3,5,7-11H,4,6,12-14H2,1H3. The summed E-state index contributed by atoms with van der Waals surface area (Å²) in [5, 5.41) is 0. The first-order valence-electron chi connectivity index (χ1n) is 8.82. The Kier molecular flexibility index (Phi) is 5.86. The molecule has 0 fully saturated rings. The van der Waals surface area contributed by atoms with Crippen LogP contribution in [0.4, 0.5) is 5.69 Å². The SMILES string of the molecule is CC(=O)c1ccc(OCC(=O)OCC(=O)N2CCCc3ccccc32)cc1. The average Bonchev–Trinajstić information content (AvgIpc) is 2.70.